The summed E-state index contributed by atoms with van der Waals surface area (Å²) in [4.78, 5) is 8.93. The molecule has 1 heterocycles. The molecule has 1 atom stereocenters. The Morgan fingerprint density at radius 1 is 1.29 bits per heavy atom. The Bertz CT molecular complexity index is 905. The maximum Gasteiger partial charge on any atom is 0.402 e. The van der Waals surface area contributed by atoms with Gasteiger partial charge in [0, 0.05) is 19.8 Å². The second-order valence-corrected chi connectivity index (χ2v) is 10.5. The molecule has 0 saturated heterocycles. The van der Waals surface area contributed by atoms with Gasteiger partial charge in [0.15, 0.2) is 0 Å². The number of halogens is 7. The van der Waals surface area contributed by atoms with E-state index in [0.29, 0.717) is 20.3 Å². The summed E-state index contributed by atoms with van der Waals surface area (Å²) >= 11 is 5.48. The summed E-state index contributed by atoms with van der Waals surface area (Å²) in [7, 11) is -5.29. The first-order chi connectivity index (χ1) is 12.8. The highest BCUT2D eigenvalue weighted by Gasteiger charge is 2.55. The zero-order chi connectivity index (χ0) is 21.3. The number of benzene rings is 1. The van der Waals surface area contributed by atoms with Gasteiger partial charge in [0.1, 0.15) is 10.6 Å². The Morgan fingerprint density at radius 3 is 2.50 bits per heavy atom. The second-order valence-electron chi connectivity index (χ2n) is 5.57. The molecule has 0 saturated carbocycles. The van der Waals surface area contributed by atoms with Crippen LogP contribution in [0.2, 0.25) is 0 Å². The van der Waals surface area contributed by atoms with E-state index in [1.165, 1.54) is 13.0 Å². The number of rotatable bonds is 8. The molecule has 1 aromatic carbocycles. The summed E-state index contributed by atoms with van der Waals surface area (Å²) in [5.74, 6) is 0.126. The van der Waals surface area contributed by atoms with Gasteiger partial charge in [0.25, 0.3) is 0 Å². The van der Waals surface area contributed by atoms with E-state index in [0.717, 1.165) is 0 Å². The van der Waals surface area contributed by atoms with E-state index in [1.807, 2.05) is 22.6 Å². The van der Waals surface area contributed by atoms with Crippen molar-refractivity contribution in [3.63, 3.8) is 0 Å². The fraction of sp³-hybridized carbons (Fsp3) is 0.467. The zero-order valence-electron chi connectivity index (χ0n) is 14.2. The number of alkyl halides is 5. The van der Waals surface area contributed by atoms with Crippen molar-refractivity contribution in [1.29, 1.82) is 0 Å². The van der Waals surface area contributed by atoms with Crippen LogP contribution >= 0.6 is 57.5 Å². The molecular weight excluding hydrogens is 609 g/mol. The lowest BCUT2D eigenvalue weighted by atomic mass is 10.2. The lowest BCUT2D eigenvalue weighted by Gasteiger charge is -2.20. The predicted molar refractivity (Wildman–Crippen MR) is 108 cm³/mol. The molecule has 2 rings (SSSR count). The minimum absolute atomic E-state index is 0.0925. The van der Waals surface area contributed by atoms with Crippen LogP contribution in [0.1, 0.15) is 24.6 Å². The molecule has 0 aliphatic heterocycles. The molecule has 0 amide bonds. The van der Waals surface area contributed by atoms with Crippen LogP contribution in [0, 0.1) is 3.57 Å². The van der Waals surface area contributed by atoms with Crippen molar-refractivity contribution in [3.05, 3.63) is 25.1 Å². The minimum atomic E-state index is -5.29. The molecule has 0 radical (unpaired) electrons. The Labute approximate surface area is 183 Å². The molecule has 28 heavy (non-hydrogen) atoms. The highest BCUT2D eigenvalue weighted by atomic mass is 127. The van der Waals surface area contributed by atoms with Gasteiger partial charge in [0.05, 0.1) is 17.9 Å². The van der Waals surface area contributed by atoms with E-state index in [-0.39, 0.29) is 34.6 Å². The van der Waals surface area contributed by atoms with Crippen molar-refractivity contribution >= 4 is 67.5 Å². The first-order valence-electron chi connectivity index (χ1n) is 7.77. The van der Waals surface area contributed by atoms with E-state index in [4.69, 9.17) is 4.74 Å². The van der Waals surface area contributed by atoms with Gasteiger partial charge in [-0.15, -0.1) is 11.3 Å². The summed E-state index contributed by atoms with van der Waals surface area (Å²) in [5.41, 5.74) is -4.18. The molecule has 13 heteroatoms. The molecule has 0 bridgehead atoms. The molecule has 0 aliphatic carbocycles. The Morgan fingerprint density at radius 2 is 1.93 bits per heavy atom. The van der Waals surface area contributed by atoms with E-state index in [1.54, 1.807) is 6.07 Å². The minimum Gasteiger partial charge on any atom is -0.492 e. The van der Waals surface area contributed by atoms with E-state index < -0.39 is 30.7 Å². The van der Waals surface area contributed by atoms with E-state index in [2.05, 4.69) is 20.5 Å². The number of hydrogen-bond acceptors (Lipinski definition) is 4. The van der Waals surface area contributed by atoms with Gasteiger partial charge < -0.3 is 14.2 Å². The topological polar surface area (TPSA) is 55.8 Å². The van der Waals surface area contributed by atoms with Gasteiger partial charge in [-0.2, -0.15) is 22.0 Å². The summed E-state index contributed by atoms with van der Waals surface area (Å²) in [6.45, 7) is 0.679. The molecule has 1 unspecified atom stereocenters. The normalized spacial score (nSPS) is 15.0. The van der Waals surface area contributed by atoms with Gasteiger partial charge in [-0.3, -0.25) is 4.57 Å². The maximum absolute atomic E-state index is 14.7. The van der Waals surface area contributed by atoms with Gasteiger partial charge in [-0.25, -0.2) is 0 Å². The number of thiophene rings is 1. The number of hydrogen-bond donors (Lipinski definition) is 1. The maximum atomic E-state index is 14.7. The molecule has 0 spiro atoms. The van der Waals surface area contributed by atoms with Crippen molar-refractivity contribution in [2.24, 2.45) is 0 Å². The second kappa shape index (κ2) is 9.01. The third-order valence-corrected chi connectivity index (χ3v) is 8.15. The smallest absolute Gasteiger partial charge is 0.402 e. The Hall–Kier alpha value is -0.0100. The Balaban J connectivity index is 2.42. The van der Waals surface area contributed by atoms with E-state index >= 15 is 0 Å². The standard InChI is InChI=1S/C15H14BrF5IO4PS/c1-2-26-27(23,24)15(20,21)13-11(16)9-6-8(22)7-10(12(9)28-13)25-5-3-4-14(17,18)19/h6-7H,2-5H2,1H3,(H,23,24). The lowest BCUT2D eigenvalue weighted by molar-refractivity contribution is -0.136. The average molecular weight is 623 g/mol. The average Bonchev–Trinajstić information content (AvgIpc) is 2.88. The zero-order valence-corrected chi connectivity index (χ0v) is 19.6. The van der Waals surface area contributed by atoms with Crippen LogP contribution in [0.4, 0.5) is 22.0 Å². The summed E-state index contributed by atoms with van der Waals surface area (Å²) in [6.07, 6.45) is -5.63. The van der Waals surface area contributed by atoms with Crippen LogP contribution in [0.25, 0.3) is 10.1 Å². The predicted octanol–water partition coefficient (Wildman–Crippen LogP) is 7.26. The molecule has 1 aromatic heterocycles. The van der Waals surface area contributed by atoms with Crippen molar-refractivity contribution in [2.75, 3.05) is 13.2 Å². The fourth-order valence-corrected chi connectivity index (χ4v) is 6.31. The Kier molecular flexibility index (Phi) is 7.80. The lowest BCUT2D eigenvalue weighted by Crippen LogP contribution is -2.14. The van der Waals surface area contributed by atoms with Crippen LogP contribution in [-0.4, -0.2) is 24.3 Å². The molecular formula is C15H14BrF5IO4PS. The summed E-state index contributed by atoms with van der Waals surface area (Å²) in [6, 6.07) is 3.06. The van der Waals surface area contributed by atoms with E-state index in [9.17, 15) is 31.4 Å². The number of ether oxygens (including phenoxy) is 1. The summed E-state index contributed by atoms with van der Waals surface area (Å²) < 4.78 is 88.5. The van der Waals surface area contributed by atoms with Gasteiger partial charge >= 0.3 is 19.4 Å². The third kappa shape index (κ3) is 5.37. The van der Waals surface area contributed by atoms with Crippen LogP contribution in [0.3, 0.4) is 0 Å². The molecule has 1 N–H and O–H groups in total. The highest BCUT2D eigenvalue weighted by molar-refractivity contribution is 14.1. The van der Waals surface area contributed by atoms with Crippen molar-refractivity contribution in [2.45, 2.75) is 31.6 Å². The molecule has 0 aliphatic rings. The third-order valence-electron chi connectivity index (χ3n) is 3.45. The van der Waals surface area contributed by atoms with Crippen molar-refractivity contribution in [1.82, 2.24) is 0 Å². The molecule has 158 valence electrons. The van der Waals surface area contributed by atoms with Gasteiger partial charge in [-0.1, -0.05) is 0 Å². The van der Waals surface area contributed by atoms with Crippen molar-refractivity contribution < 1.29 is 40.7 Å². The van der Waals surface area contributed by atoms with Crippen LogP contribution < -0.4 is 4.74 Å². The molecule has 4 nitrogen and oxygen atoms in total. The quantitative estimate of drug-likeness (QED) is 0.146. The van der Waals surface area contributed by atoms with Crippen molar-refractivity contribution in [3.8, 4) is 5.75 Å². The molecule has 0 fully saturated rings. The van der Waals surface area contributed by atoms with Crippen LogP contribution in [0.15, 0.2) is 16.6 Å². The first-order valence-corrected chi connectivity index (χ1v) is 12.0. The number of fused-ring (bicyclic) bond motifs is 1. The fourth-order valence-electron chi connectivity index (χ4n) is 2.25. The van der Waals surface area contributed by atoms with Crippen LogP contribution in [-0.2, 0) is 14.8 Å². The first kappa shape index (κ1) is 24.3. The van der Waals surface area contributed by atoms with Crippen LogP contribution in [0.5, 0.6) is 5.75 Å². The SMILES string of the molecule is CCOP(=O)(O)C(F)(F)c1sc2c(OCCCC(F)(F)F)cc(I)cc2c1Br. The summed E-state index contributed by atoms with van der Waals surface area (Å²) in [5, 5.41) is 0.300. The highest BCUT2D eigenvalue weighted by Crippen LogP contribution is 2.66. The van der Waals surface area contributed by atoms with Gasteiger partial charge in [-0.05, 0) is 64.0 Å². The van der Waals surface area contributed by atoms with Gasteiger partial charge in [0.2, 0.25) is 0 Å². The largest absolute Gasteiger partial charge is 0.492 e. The monoisotopic (exact) mass is 622 g/mol. The molecule has 2 aromatic rings.